The minimum atomic E-state index is -3.19. The van der Waals surface area contributed by atoms with Crippen molar-refractivity contribution >= 4 is 21.5 Å². The highest BCUT2D eigenvalue weighted by atomic mass is 32.2. The summed E-state index contributed by atoms with van der Waals surface area (Å²) in [6.45, 7) is 1.77. The number of aliphatic imine (C=N–C) groups is 1. The normalized spacial score (nSPS) is 11.9. The van der Waals surface area contributed by atoms with Crippen LogP contribution in [0.3, 0.4) is 0 Å². The van der Waals surface area contributed by atoms with Gasteiger partial charge in [-0.1, -0.05) is 18.2 Å². The zero-order valence-electron chi connectivity index (χ0n) is 16.4. The summed E-state index contributed by atoms with van der Waals surface area (Å²) < 4.78 is 33.8. The molecule has 0 unspecified atom stereocenters. The van der Waals surface area contributed by atoms with Crippen molar-refractivity contribution in [2.45, 2.75) is 17.9 Å². The van der Waals surface area contributed by atoms with Crippen molar-refractivity contribution in [1.82, 2.24) is 5.32 Å². The molecule has 2 rings (SSSR count). The molecule has 28 heavy (non-hydrogen) atoms. The summed E-state index contributed by atoms with van der Waals surface area (Å²) in [5.41, 5.74) is 1.80. The number of hydrogen-bond donors (Lipinski definition) is 2. The SMILES string of the molecule is CN=C(NCc1ccc(S(C)(=O)=O)cc1)Nc1cccc(OCCCOC)c1. The van der Waals surface area contributed by atoms with Crippen molar-refractivity contribution in [2.75, 3.05) is 38.9 Å². The predicted octanol–water partition coefficient (Wildman–Crippen LogP) is 2.69. The van der Waals surface area contributed by atoms with Gasteiger partial charge >= 0.3 is 0 Å². The second kappa shape index (κ2) is 10.7. The highest BCUT2D eigenvalue weighted by molar-refractivity contribution is 7.90. The molecular weight excluding hydrogens is 378 g/mol. The van der Waals surface area contributed by atoms with Crippen LogP contribution in [0.1, 0.15) is 12.0 Å². The molecule has 2 N–H and O–H groups in total. The molecule has 8 heteroatoms. The third-order valence-corrected chi connectivity index (χ3v) is 5.02. The van der Waals surface area contributed by atoms with Crippen molar-refractivity contribution < 1.29 is 17.9 Å². The Bertz CT molecular complexity index is 881. The number of hydrogen-bond acceptors (Lipinski definition) is 5. The Morgan fingerprint density at radius 1 is 1.11 bits per heavy atom. The van der Waals surface area contributed by atoms with E-state index < -0.39 is 9.84 Å². The lowest BCUT2D eigenvalue weighted by Crippen LogP contribution is -2.30. The van der Waals surface area contributed by atoms with Crippen molar-refractivity contribution in [3.8, 4) is 5.75 Å². The lowest BCUT2D eigenvalue weighted by Gasteiger charge is -2.13. The second-order valence-corrected chi connectivity index (χ2v) is 8.21. The number of anilines is 1. The van der Waals surface area contributed by atoms with Crippen LogP contribution >= 0.6 is 0 Å². The number of sulfone groups is 1. The molecule has 2 aromatic rings. The van der Waals surface area contributed by atoms with E-state index in [2.05, 4.69) is 15.6 Å². The molecule has 7 nitrogen and oxygen atoms in total. The fourth-order valence-electron chi connectivity index (χ4n) is 2.41. The summed E-state index contributed by atoms with van der Waals surface area (Å²) >= 11 is 0. The maximum atomic E-state index is 11.5. The third kappa shape index (κ3) is 7.21. The highest BCUT2D eigenvalue weighted by Gasteiger charge is 2.07. The maximum Gasteiger partial charge on any atom is 0.195 e. The smallest absolute Gasteiger partial charge is 0.195 e. The van der Waals surface area contributed by atoms with Gasteiger partial charge in [0.25, 0.3) is 0 Å². The van der Waals surface area contributed by atoms with Gasteiger partial charge in [-0.15, -0.1) is 0 Å². The highest BCUT2D eigenvalue weighted by Crippen LogP contribution is 2.17. The zero-order chi connectivity index (χ0) is 20.4. The molecule has 2 aromatic carbocycles. The van der Waals surface area contributed by atoms with Gasteiger partial charge in [0.15, 0.2) is 15.8 Å². The number of nitrogens with zero attached hydrogens (tertiary/aromatic N) is 1. The van der Waals surface area contributed by atoms with E-state index in [4.69, 9.17) is 9.47 Å². The Morgan fingerprint density at radius 3 is 2.50 bits per heavy atom. The first-order valence-electron chi connectivity index (χ1n) is 8.91. The molecular formula is C20H27N3O4S. The Balaban J connectivity index is 1.90. The van der Waals surface area contributed by atoms with E-state index in [-0.39, 0.29) is 0 Å². The Hall–Kier alpha value is -2.58. The third-order valence-electron chi connectivity index (χ3n) is 3.89. The van der Waals surface area contributed by atoms with Crippen molar-refractivity contribution in [1.29, 1.82) is 0 Å². The fraction of sp³-hybridized carbons (Fsp3) is 0.350. The van der Waals surface area contributed by atoms with Crippen molar-refractivity contribution in [2.24, 2.45) is 4.99 Å². The van der Waals surface area contributed by atoms with Crippen LogP contribution in [-0.4, -0.2) is 48.0 Å². The zero-order valence-corrected chi connectivity index (χ0v) is 17.3. The first-order chi connectivity index (χ1) is 13.4. The van der Waals surface area contributed by atoms with Crippen LogP contribution in [0.5, 0.6) is 5.75 Å². The number of ether oxygens (including phenoxy) is 2. The van der Waals surface area contributed by atoms with E-state index in [0.717, 1.165) is 23.4 Å². The molecule has 0 spiro atoms. The summed E-state index contributed by atoms with van der Waals surface area (Å²) in [5, 5.41) is 6.42. The Labute approximate surface area is 166 Å². The number of nitrogens with one attached hydrogen (secondary N) is 2. The molecule has 0 heterocycles. The molecule has 0 radical (unpaired) electrons. The minimum Gasteiger partial charge on any atom is -0.493 e. The monoisotopic (exact) mass is 405 g/mol. The van der Waals surface area contributed by atoms with E-state index in [1.165, 1.54) is 6.26 Å². The van der Waals surface area contributed by atoms with Crippen LogP contribution < -0.4 is 15.4 Å². The van der Waals surface area contributed by atoms with Crippen molar-refractivity contribution in [3.63, 3.8) is 0 Å². The van der Waals surface area contributed by atoms with Crippen LogP contribution in [-0.2, 0) is 21.1 Å². The van der Waals surface area contributed by atoms with Gasteiger partial charge < -0.3 is 20.1 Å². The lowest BCUT2D eigenvalue weighted by atomic mass is 10.2. The van der Waals surface area contributed by atoms with Gasteiger partial charge in [0.1, 0.15) is 5.75 Å². The first-order valence-corrected chi connectivity index (χ1v) is 10.8. The van der Waals surface area contributed by atoms with Crippen LogP contribution in [0.25, 0.3) is 0 Å². The minimum absolute atomic E-state index is 0.307. The molecule has 0 atom stereocenters. The molecule has 0 amide bonds. The molecule has 0 aliphatic carbocycles. The van der Waals surface area contributed by atoms with E-state index in [1.807, 2.05) is 24.3 Å². The number of guanidine groups is 1. The van der Waals surface area contributed by atoms with Gasteiger partial charge in [-0.25, -0.2) is 8.42 Å². The molecule has 0 saturated heterocycles. The average Bonchev–Trinajstić information content (AvgIpc) is 2.68. The maximum absolute atomic E-state index is 11.5. The molecule has 0 aliphatic rings. The fourth-order valence-corrected chi connectivity index (χ4v) is 3.04. The standard InChI is InChI=1S/C20H27N3O4S/c1-21-20(22-15-16-8-10-19(11-9-16)28(3,24)25)23-17-6-4-7-18(14-17)27-13-5-12-26-2/h4,6-11,14H,5,12-13,15H2,1-3H3,(H2,21,22,23). The van der Waals surface area contributed by atoms with Gasteiger partial charge in [0.2, 0.25) is 0 Å². The molecule has 0 aliphatic heterocycles. The van der Waals surface area contributed by atoms with Crippen molar-refractivity contribution in [3.05, 3.63) is 54.1 Å². The molecule has 0 fully saturated rings. The van der Waals surface area contributed by atoms with Crippen LogP contribution in [0, 0.1) is 0 Å². The molecule has 152 valence electrons. The van der Waals surface area contributed by atoms with Crippen LogP contribution in [0.2, 0.25) is 0 Å². The summed E-state index contributed by atoms with van der Waals surface area (Å²) in [4.78, 5) is 4.52. The van der Waals surface area contributed by atoms with E-state index in [1.54, 1.807) is 38.4 Å². The largest absolute Gasteiger partial charge is 0.493 e. The average molecular weight is 406 g/mol. The lowest BCUT2D eigenvalue weighted by molar-refractivity contribution is 0.172. The topological polar surface area (TPSA) is 89.0 Å². The van der Waals surface area contributed by atoms with E-state index in [0.29, 0.717) is 30.6 Å². The van der Waals surface area contributed by atoms with Crippen LogP contribution in [0.4, 0.5) is 5.69 Å². The van der Waals surface area contributed by atoms with E-state index in [9.17, 15) is 8.42 Å². The quantitative estimate of drug-likeness (QED) is 0.379. The first kappa shape index (κ1) is 21.7. The van der Waals surface area contributed by atoms with Crippen LogP contribution in [0.15, 0.2) is 58.4 Å². The summed E-state index contributed by atoms with van der Waals surface area (Å²) in [7, 11) is 0.172. The van der Waals surface area contributed by atoms with Gasteiger partial charge in [-0.05, 0) is 29.8 Å². The number of benzene rings is 2. The summed E-state index contributed by atoms with van der Waals surface area (Å²) in [6, 6.07) is 14.4. The summed E-state index contributed by atoms with van der Waals surface area (Å²) in [6.07, 6.45) is 2.02. The summed E-state index contributed by atoms with van der Waals surface area (Å²) in [5.74, 6) is 1.37. The van der Waals surface area contributed by atoms with Gasteiger partial charge in [-0.2, -0.15) is 0 Å². The number of methoxy groups -OCH3 is 1. The van der Waals surface area contributed by atoms with Gasteiger partial charge in [0.05, 0.1) is 11.5 Å². The van der Waals surface area contributed by atoms with E-state index >= 15 is 0 Å². The number of rotatable bonds is 9. The molecule has 0 aromatic heterocycles. The Kier molecular flexibility index (Phi) is 8.28. The Morgan fingerprint density at radius 2 is 1.86 bits per heavy atom. The molecule has 0 bridgehead atoms. The second-order valence-electron chi connectivity index (χ2n) is 6.19. The molecule has 0 saturated carbocycles. The van der Waals surface area contributed by atoms with Gasteiger partial charge in [-0.3, -0.25) is 4.99 Å². The van der Waals surface area contributed by atoms with Gasteiger partial charge in [0, 0.05) is 51.7 Å². The predicted molar refractivity (Wildman–Crippen MR) is 112 cm³/mol.